The molecular weight excluding hydrogens is 332 g/mol. The molecule has 0 saturated carbocycles. The molecule has 1 aliphatic rings. The van der Waals surface area contributed by atoms with Gasteiger partial charge in [0.25, 0.3) is 5.91 Å². The number of nitrogens with one attached hydrogen (secondary N) is 1. The summed E-state index contributed by atoms with van der Waals surface area (Å²) in [7, 11) is 0. The second-order valence-electron chi connectivity index (χ2n) is 6.26. The van der Waals surface area contributed by atoms with E-state index < -0.39 is 0 Å². The summed E-state index contributed by atoms with van der Waals surface area (Å²) in [4.78, 5) is 16.5. The van der Waals surface area contributed by atoms with Crippen molar-refractivity contribution in [3.63, 3.8) is 0 Å². The van der Waals surface area contributed by atoms with Crippen molar-refractivity contribution in [1.29, 1.82) is 0 Å². The van der Waals surface area contributed by atoms with Crippen molar-refractivity contribution in [2.45, 2.75) is 32.1 Å². The average molecular weight is 356 g/mol. The minimum absolute atomic E-state index is 0.0187. The van der Waals surface area contributed by atoms with Gasteiger partial charge in [-0.1, -0.05) is 24.3 Å². The highest BCUT2D eigenvalue weighted by Gasteiger charge is 2.28. The van der Waals surface area contributed by atoms with E-state index in [2.05, 4.69) is 10.3 Å². The van der Waals surface area contributed by atoms with Gasteiger partial charge < -0.3 is 19.5 Å². The maximum Gasteiger partial charge on any atom is 0.258 e. The summed E-state index contributed by atoms with van der Waals surface area (Å²) in [6.45, 7) is 3.38. The normalized spacial score (nSPS) is 19.7. The Kier molecular flexibility index (Phi) is 6.57. The Morgan fingerprint density at radius 2 is 2.12 bits per heavy atom. The fourth-order valence-electron chi connectivity index (χ4n) is 2.83. The van der Waals surface area contributed by atoms with Gasteiger partial charge in [-0.05, 0) is 37.1 Å². The van der Waals surface area contributed by atoms with Gasteiger partial charge in [0.1, 0.15) is 11.9 Å². The molecule has 0 radical (unpaired) electrons. The molecule has 138 valence electrons. The lowest BCUT2D eigenvalue weighted by Gasteiger charge is -2.32. The van der Waals surface area contributed by atoms with Crippen LogP contribution in [0.2, 0.25) is 0 Å². The third-order valence-corrected chi connectivity index (χ3v) is 4.27. The molecule has 2 atom stereocenters. The van der Waals surface area contributed by atoms with E-state index in [0.29, 0.717) is 26.2 Å². The molecule has 1 aromatic carbocycles. The number of nitrogens with zero attached hydrogens (tertiary/aromatic N) is 1. The molecule has 6 nitrogen and oxygen atoms in total. The largest absolute Gasteiger partial charge is 0.484 e. The van der Waals surface area contributed by atoms with Crippen molar-refractivity contribution < 1.29 is 19.0 Å². The van der Waals surface area contributed by atoms with Crippen molar-refractivity contribution in [2.75, 3.05) is 19.8 Å². The van der Waals surface area contributed by atoms with E-state index >= 15 is 0 Å². The highest BCUT2D eigenvalue weighted by Crippen LogP contribution is 2.16. The summed E-state index contributed by atoms with van der Waals surface area (Å²) in [5.41, 5.74) is 1.86. The Morgan fingerprint density at radius 3 is 2.92 bits per heavy atom. The molecule has 0 bridgehead atoms. The zero-order valence-electron chi connectivity index (χ0n) is 14.9. The highest BCUT2D eigenvalue weighted by atomic mass is 16.5. The van der Waals surface area contributed by atoms with Crippen molar-refractivity contribution in [3.05, 3.63) is 59.9 Å². The number of carbonyl (C=O) groups is 1. The molecule has 0 spiro atoms. The minimum Gasteiger partial charge on any atom is -0.484 e. The molecular formula is C20H24N2O4. The van der Waals surface area contributed by atoms with Gasteiger partial charge in [0, 0.05) is 12.8 Å². The van der Waals surface area contributed by atoms with Gasteiger partial charge >= 0.3 is 0 Å². The van der Waals surface area contributed by atoms with E-state index in [9.17, 15) is 4.79 Å². The van der Waals surface area contributed by atoms with Gasteiger partial charge in [-0.3, -0.25) is 9.78 Å². The van der Waals surface area contributed by atoms with Crippen LogP contribution in [0, 0.1) is 6.92 Å². The Bertz CT molecular complexity index is 708. The smallest absolute Gasteiger partial charge is 0.258 e. The van der Waals surface area contributed by atoms with Crippen LogP contribution in [0.1, 0.15) is 17.7 Å². The second-order valence-corrected chi connectivity index (χ2v) is 6.26. The first-order chi connectivity index (χ1) is 12.7. The Morgan fingerprint density at radius 1 is 1.27 bits per heavy atom. The minimum atomic E-state index is -0.201. The summed E-state index contributed by atoms with van der Waals surface area (Å²) in [6.07, 6.45) is 2.24. The maximum atomic E-state index is 12.3. The van der Waals surface area contributed by atoms with Crippen LogP contribution in [0.5, 0.6) is 5.75 Å². The number of hydrogen-bond acceptors (Lipinski definition) is 5. The summed E-state index contributed by atoms with van der Waals surface area (Å²) >= 11 is 0. The number of aromatic nitrogens is 1. The number of amides is 1. The Balaban J connectivity index is 1.49. The highest BCUT2D eigenvalue weighted by molar-refractivity contribution is 5.78. The fraction of sp³-hybridized carbons (Fsp3) is 0.400. The monoisotopic (exact) mass is 356 g/mol. The molecule has 6 heteroatoms. The van der Waals surface area contributed by atoms with Gasteiger partial charge in [0.2, 0.25) is 0 Å². The predicted molar refractivity (Wildman–Crippen MR) is 96.9 cm³/mol. The zero-order valence-corrected chi connectivity index (χ0v) is 14.9. The van der Waals surface area contributed by atoms with Crippen LogP contribution in [-0.2, 0) is 20.9 Å². The zero-order chi connectivity index (χ0) is 18.2. The summed E-state index contributed by atoms with van der Waals surface area (Å²) < 4.78 is 17.0. The number of carbonyl (C=O) groups excluding carboxylic acids is 1. The van der Waals surface area contributed by atoms with Crippen LogP contribution in [0.25, 0.3) is 0 Å². The SMILES string of the molecule is Cc1ccccc1OCC(=O)N[C@@H]1CCOC[C@H]1OCc1ccccn1. The van der Waals surface area contributed by atoms with Crippen molar-refractivity contribution >= 4 is 5.91 Å². The predicted octanol–water partition coefficient (Wildman–Crippen LogP) is 2.26. The number of ether oxygens (including phenoxy) is 3. The van der Waals surface area contributed by atoms with Crippen LogP contribution in [0.3, 0.4) is 0 Å². The quantitative estimate of drug-likeness (QED) is 0.824. The molecule has 1 aromatic heterocycles. The van der Waals surface area contributed by atoms with Gasteiger partial charge in [0.05, 0.1) is 24.9 Å². The lowest BCUT2D eigenvalue weighted by atomic mass is 10.1. The maximum absolute atomic E-state index is 12.3. The molecule has 1 fully saturated rings. The van der Waals surface area contributed by atoms with Crippen molar-refractivity contribution in [3.8, 4) is 5.75 Å². The van der Waals surface area contributed by atoms with Crippen LogP contribution in [0.4, 0.5) is 0 Å². The van der Waals surface area contributed by atoms with E-state index in [-0.39, 0.29) is 24.7 Å². The summed E-state index contributed by atoms with van der Waals surface area (Å²) in [5, 5.41) is 3.01. The topological polar surface area (TPSA) is 69.7 Å². The first kappa shape index (κ1) is 18.4. The molecule has 26 heavy (non-hydrogen) atoms. The standard InChI is InChI=1S/C20H24N2O4/c1-15-6-2-3-8-18(15)26-14-20(23)22-17-9-11-24-13-19(17)25-12-16-7-4-5-10-21-16/h2-8,10,17,19H,9,11-14H2,1H3,(H,22,23)/t17-,19-/m1/s1. The van der Waals surface area contributed by atoms with Gasteiger partial charge in [-0.2, -0.15) is 0 Å². The number of benzene rings is 1. The average Bonchev–Trinajstić information content (AvgIpc) is 2.67. The van der Waals surface area contributed by atoms with Gasteiger partial charge in [-0.25, -0.2) is 0 Å². The number of aryl methyl sites for hydroxylation is 1. The molecule has 1 saturated heterocycles. The first-order valence-corrected chi connectivity index (χ1v) is 8.79. The molecule has 3 rings (SSSR count). The number of rotatable bonds is 7. The van der Waals surface area contributed by atoms with Crippen LogP contribution in [0.15, 0.2) is 48.7 Å². The van der Waals surface area contributed by atoms with Gasteiger partial charge in [0.15, 0.2) is 6.61 Å². The molecule has 1 amide bonds. The Labute approximate surface area is 153 Å². The van der Waals surface area contributed by atoms with Crippen LogP contribution < -0.4 is 10.1 Å². The van der Waals surface area contributed by atoms with E-state index in [1.165, 1.54) is 0 Å². The lowest BCUT2D eigenvalue weighted by molar-refractivity contribution is -0.128. The van der Waals surface area contributed by atoms with E-state index in [1.54, 1.807) is 6.20 Å². The number of para-hydroxylation sites is 1. The van der Waals surface area contributed by atoms with Gasteiger partial charge in [-0.15, -0.1) is 0 Å². The van der Waals surface area contributed by atoms with Crippen LogP contribution >= 0.6 is 0 Å². The second kappa shape index (κ2) is 9.31. The third-order valence-electron chi connectivity index (χ3n) is 4.27. The molecule has 2 aromatic rings. The van der Waals surface area contributed by atoms with Crippen LogP contribution in [-0.4, -0.2) is 42.9 Å². The van der Waals surface area contributed by atoms with E-state index in [0.717, 1.165) is 17.0 Å². The molecule has 0 unspecified atom stereocenters. The summed E-state index contributed by atoms with van der Waals surface area (Å²) in [5.74, 6) is 0.559. The first-order valence-electron chi connectivity index (χ1n) is 8.79. The van der Waals surface area contributed by atoms with Crippen molar-refractivity contribution in [1.82, 2.24) is 10.3 Å². The Hall–Kier alpha value is -2.44. The summed E-state index contributed by atoms with van der Waals surface area (Å²) in [6, 6.07) is 13.2. The molecule has 2 heterocycles. The van der Waals surface area contributed by atoms with E-state index in [4.69, 9.17) is 14.2 Å². The third kappa shape index (κ3) is 5.28. The molecule has 0 aliphatic carbocycles. The molecule has 1 aliphatic heterocycles. The lowest BCUT2D eigenvalue weighted by Crippen LogP contribution is -2.51. The molecule has 1 N–H and O–H groups in total. The van der Waals surface area contributed by atoms with Crippen molar-refractivity contribution in [2.24, 2.45) is 0 Å². The van der Waals surface area contributed by atoms with E-state index in [1.807, 2.05) is 49.4 Å². The fourth-order valence-corrected chi connectivity index (χ4v) is 2.83. The number of pyridine rings is 1. The number of hydrogen-bond donors (Lipinski definition) is 1.